The maximum absolute atomic E-state index is 13.0. The third kappa shape index (κ3) is 2.93. The smallest absolute Gasteiger partial charge is 0.206 e. The summed E-state index contributed by atoms with van der Waals surface area (Å²) in [5, 5.41) is 8.24. The van der Waals surface area contributed by atoms with Crippen LogP contribution >= 0.6 is 0 Å². The second-order valence-electron chi connectivity index (χ2n) is 2.78. The average molecular weight is 274 g/mol. The largest absolute Gasteiger partial charge is 0.489 e. The van der Waals surface area contributed by atoms with E-state index in [0.29, 0.717) is 0 Å². The van der Waals surface area contributed by atoms with E-state index in [2.05, 4.69) is 9.16 Å². The van der Waals surface area contributed by atoms with Crippen molar-refractivity contribution >= 4 is 9.76 Å². The molecule has 0 aromatic heterocycles. The first kappa shape index (κ1) is 13.9. The summed E-state index contributed by atoms with van der Waals surface area (Å²) < 4.78 is 72.8. The maximum Gasteiger partial charge on any atom is 0.206 e. The lowest BCUT2D eigenvalue weighted by Gasteiger charge is -2.09. The highest BCUT2D eigenvalue weighted by molar-refractivity contribution is 6.26. The predicted molar refractivity (Wildman–Crippen MR) is 48.4 cm³/mol. The molecule has 0 aliphatic heterocycles. The van der Waals surface area contributed by atoms with Gasteiger partial charge in [-0.25, -0.2) is 13.2 Å². The lowest BCUT2D eigenvalue weighted by Crippen LogP contribution is -2.14. The van der Waals surface area contributed by atoms with Crippen molar-refractivity contribution in [1.29, 1.82) is 0 Å². The third-order valence-electron chi connectivity index (χ3n) is 1.73. The van der Waals surface area contributed by atoms with Gasteiger partial charge >= 0.3 is 0 Å². The fraction of sp³-hybridized carbons (Fsp3) is 0.250. The van der Waals surface area contributed by atoms with Crippen molar-refractivity contribution in [2.24, 2.45) is 0 Å². The second kappa shape index (κ2) is 5.94. The second-order valence-corrected chi connectivity index (χ2v) is 4.01. The first-order valence-corrected chi connectivity index (χ1v) is 5.91. The zero-order chi connectivity index (χ0) is 13.0. The van der Waals surface area contributed by atoms with Gasteiger partial charge in [-0.1, -0.05) is 0 Å². The van der Waals surface area contributed by atoms with Crippen molar-refractivity contribution in [2.75, 3.05) is 13.0 Å². The van der Waals surface area contributed by atoms with E-state index >= 15 is 0 Å². The molecule has 0 fully saturated rings. The van der Waals surface area contributed by atoms with Crippen LogP contribution in [0.4, 0.5) is 22.0 Å². The molecule has 0 heterocycles. The fourth-order valence-corrected chi connectivity index (χ4v) is 1.51. The molecule has 0 atom stereocenters. The lowest BCUT2D eigenvalue weighted by molar-refractivity contribution is 0.0987. The van der Waals surface area contributed by atoms with Crippen molar-refractivity contribution in [2.45, 2.75) is 0 Å². The summed E-state index contributed by atoms with van der Waals surface area (Å²) in [7, 11) is -1.44. The number of aliphatic hydroxyl groups is 1. The summed E-state index contributed by atoms with van der Waals surface area (Å²) in [6, 6.07) is 0. The van der Waals surface area contributed by atoms with Crippen molar-refractivity contribution in [3.8, 4) is 5.75 Å². The van der Waals surface area contributed by atoms with Crippen molar-refractivity contribution in [3.05, 3.63) is 29.1 Å². The Balaban J connectivity index is 2.92. The zero-order valence-electron chi connectivity index (χ0n) is 8.27. The third-order valence-corrected chi connectivity index (χ3v) is 2.58. The molecule has 1 N–H and O–H groups in total. The molecular formula is C8H7F5O3Si. The number of aliphatic hydroxyl groups excluding tert-OH is 1. The molecule has 0 bridgehead atoms. The molecule has 9 heteroatoms. The molecule has 0 unspecified atom stereocenters. The van der Waals surface area contributed by atoms with Crippen LogP contribution in [0.15, 0.2) is 0 Å². The Hall–Kier alpha value is -1.19. The van der Waals surface area contributed by atoms with Crippen LogP contribution in [0.5, 0.6) is 5.75 Å². The van der Waals surface area contributed by atoms with E-state index in [4.69, 9.17) is 5.11 Å². The Kier molecular flexibility index (Phi) is 4.84. The molecule has 0 aliphatic carbocycles. The average Bonchev–Trinajstić information content (AvgIpc) is 2.33. The van der Waals surface area contributed by atoms with Gasteiger partial charge in [0.15, 0.2) is 5.75 Å². The van der Waals surface area contributed by atoms with Gasteiger partial charge < -0.3 is 14.3 Å². The molecule has 0 spiro atoms. The van der Waals surface area contributed by atoms with Gasteiger partial charge in [0.1, 0.15) is 6.79 Å². The Labute approximate surface area is 94.7 Å². The SMILES string of the molecule is OCO[SiH2]COc1c(F)c(F)c(F)c(F)c1F. The Morgan fingerprint density at radius 1 is 0.882 bits per heavy atom. The molecule has 1 aromatic carbocycles. The number of hydrogen-bond acceptors (Lipinski definition) is 3. The molecule has 0 saturated heterocycles. The Bertz CT molecular complexity index is 386. The van der Waals surface area contributed by atoms with Crippen LogP contribution in [0.3, 0.4) is 0 Å². The number of benzene rings is 1. The van der Waals surface area contributed by atoms with Gasteiger partial charge in [-0.2, -0.15) is 8.78 Å². The van der Waals surface area contributed by atoms with Gasteiger partial charge in [0.2, 0.25) is 38.8 Å². The van der Waals surface area contributed by atoms with Gasteiger partial charge in [-0.05, 0) is 0 Å². The standard InChI is InChI=1S/C8H7F5O3Si/c9-3-4(10)6(12)8(7(13)5(3)11)15-2-17-16-1-14/h14H,1-2,17H2. The number of hydrogen-bond donors (Lipinski definition) is 1. The topological polar surface area (TPSA) is 38.7 Å². The predicted octanol–water partition coefficient (Wildman–Crippen LogP) is 0.769. The van der Waals surface area contributed by atoms with Gasteiger partial charge in [0.25, 0.3) is 0 Å². The van der Waals surface area contributed by atoms with Crippen molar-refractivity contribution in [1.82, 2.24) is 0 Å². The molecule has 96 valence electrons. The zero-order valence-corrected chi connectivity index (χ0v) is 9.69. The maximum atomic E-state index is 13.0. The normalized spacial score (nSPS) is 11.4. The van der Waals surface area contributed by atoms with E-state index in [0.717, 1.165) is 0 Å². The molecule has 0 saturated carbocycles. The lowest BCUT2D eigenvalue weighted by atomic mass is 10.3. The molecule has 0 amide bonds. The monoisotopic (exact) mass is 274 g/mol. The Morgan fingerprint density at radius 3 is 1.82 bits per heavy atom. The van der Waals surface area contributed by atoms with Crippen LogP contribution in [0.2, 0.25) is 0 Å². The Morgan fingerprint density at radius 2 is 1.35 bits per heavy atom. The van der Waals surface area contributed by atoms with Gasteiger partial charge in [-0.15, -0.1) is 0 Å². The summed E-state index contributed by atoms with van der Waals surface area (Å²) >= 11 is 0. The van der Waals surface area contributed by atoms with Gasteiger partial charge in [-0.3, -0.25) is 0 Å². The first-order valence-electron chi connectivity index (χ1n) is 4.33. The highest BCUT2D eigenvalue weighted by atomic mass is 28.2. The number of halogens is 5. The van der Waals surface area contributed by atoms with Crippen LogP contribution in [0, 0.1) is 29.1 Å². The van der Waals surface area contributed by atoms with E-state index in [9.17, 15) is 22.0 Å². The highest BCUT2D eigenvalue weighted by Crippen LogP contribution is 2.28. The van der Waals surface area contributed by atoms with E-state index in [1.165, 1.54) is 0 Å². The van der Waals surface area contributed by atoms with E-state index in [-0.39, 0.29) is 6.23 Å². The van der Waals surface area contributed by atoms with Crippen LogP contribution in [0.1, 0.15) is 0 Å². The highest BCUT2D eigenvalue weighted by Gasteiger charge is 2.26. The quantitative estimate of drug-likeness (QED) is 0.215. The first-order chi connectivity index (χ1) is 8.00. The van der Waals surface area contributed by atoms with Gasteiger partial charge in [0.05, 0.1) is 6.23 Å². The number of rotatable bonds is 5. The van der Waals surface area contributed by atoms with Gasteiger partial charge in [0, 0.05) is 0 Å². The van der Waals surface area contributed by atoms with Crippen LogP contribution in [-0.4, -0.2) is 27.9 Å². The van der Waals surface area contributed by atoms with Crippen molar-refractivity contribution in [3.63, 3.8) is 0 Å². The minimum absolute atomic E-state index is 0.334. The molecule has 0 aliphatic rings. The molecule has 3 nitrogen and oxygen atoms in total. The van der Waals surface area contributed by atoms with Crippen LogP contribution in [-0.2, 0) is 4.43 Å². The van der Waals surface area contributed by atoms with E-state index < -0.39 is 51.4 Å². The molecule has 0 radical (unpaired) electrons. The molecule has 17 heavy (non-hydrogen) atoms. The molecule has 1 aromatic rings. The van der Waals surface area contributed by atoms with Crippen LogP contribution < -0.4 is 4.74 Å². The minimum Gasteiger partial charge on any atom is -0.489 e. The van der Waals surface area contributed by atoms with Crippen LogP contribution in [0.25, 0.3) is 0 Å². The number of ether oxygens (including phenoxy) is 1. The van der Waals surface area contributed by atoms with Crippen molar-refractivity contribution < 1.29 is 36.2 Å². The summed E-state index contributed by atoms with van der Waals surface area (Å²) in [5.41, 5.74) is 0. The summed E-state index contributed by atoms with van der Waals surface area (Å²) in [5.74, 6) is -11.8. The van der Waals surface area contributed by atoms with E-state index in [1.807, 2.05) is 0 Å². The van der Waals surface area contributed by atoms with E-state index in [1.54, 1.807) is 0 Å². The minimum atomic E-state index is -2.24. The summed E-state index contributed by atoms with van der Waals surface area (Å²) in [6.45, 7) is -0.591. The fourth-order valence-electron chi connectivity index (χ4n) is 0.979. The molecular weight excluding hydrogens is 267 g/mol. The molecule has 1 rings (SSSR count). The summed E-state index contributed by atoms with van der Waals surface area (Å²) in [6.07, 6.45) is -0.334. The summed E-state index contributed by atoms with van der Waals surface area (Å²) in [4.78, 5) is 0.